The predicted octanol–water partition coefficient (Wildman–Crippen LogP) is 3.85. The van der Waals surface area contributed by atoms with Crippen LogP contribution in [0.25, 0.3) is 0 Å². The van der Waals surface area contributed by atoms with Gasteiger partial charge in [0.2, 0.25) is 0 Å². The summed E-state index contributed by atoms with van der Waals surface area (Å²) in [6.45, 7) is 2.05. The lowest BCUT2D eigenvalue weighted by molar-refractivity contribution is 0.634. The van der Waals surface area contributed by atoms with Crippen molar-refractivity contribution >= 4 is 23.2 Å². The van der Waals surface area contributed by atoms with E-state index in [-0.39, 0.29) is 6.04 Å². The Balaban J connectivity index is 2.45. The minimum absolute atomic E-state index is 0.0963. The second kappa shape index (κ2) is 5.72. The number of nitrogens with two attached hydrogens (primary N) is 1. The lowest BCUT2D eigenvalue weighted by atomic mass is 9.95. The molecule has 2 aromatic rings. The Morgan fingerprint density at radius 2 is 1.78 bits per heavy atom. The van der Waals surface area contributed by atoms with E-state index < -0.39 is 0 Å². The molecular weight excluding hydrogens is 267 g/mol. The Morgan fingerprint density at radius 1 is 1.06 bits per heavy atom. The van der Waals surface area contributed by atoms with Crippen LogP contribution in [0.4, 0.5) is 0 Å². The summed E-state index contributed by atoms with van der Waals surface area (Å²) in [6.07, 6.45) is 0. The van der Waals surface area contributed by atoms with E-state index in [9.17, 15) is 0 Å². The summed E-state index contributed by atoms with van der Waals surface area (Å²) in [5.74, 6) is 5.67. The van der Waals surface area contributed by atoms with Crippen LogP contribution in [0.3, 0.4) is 0 Å². The van der Waals surface area contributed by atoms with Gasteiger partial charge in [0.15, 0.2) is 0 Å². The molecule has 18 heavy (non-hydrogen) atoms. The van der Waals surface area contributed by atoms with Crippen LogP contribution in [0.2, 0.25) is 10.0 Å². The molecule has 3 N–H and O–H groups in total. The number of halogens is 2. The minimum Gasteiger partial charge on any atom is -0.271 e. The van der Waals surface area contributed by atoms with Crippen LogP contribution in [0.5, 0.6) is 0 Å². The second-order valence-electron chi connectivity index (χ2n) is 4.13. The first-order chi connectivity index (χ1) is 8.63. The fourth-order valence-electron chi connectivity index (χ4n) is 1.97. The van der Waals surface area contributed by atoms with Gasteiger partial charge in [0.25, 0.3) is 0 Å². The number of rotatable bonds is 3. The zero-order valence-electron chi connectivity index (χ0n) is 9.95. The van der Waals surface area contributed by atoms with E-state index >= 15 is 0 Å². The molecule has 4 heteroatoms. The van der Waals surface area contributed by atoms with Gasteiger partial charge in [-0.2, -0.15) is 0 Å². The normalized spacial score (nSPS) is 12.4. The molecule has 0 aliphatic heterocycles. The Bertz CT molecular complexity index is 555. The van der Waals surface area contributed by atoms with Gasteiger partial charge in [-0.15, -0.1) is 0 Å². The number of hydrogen-bond acceptors (Lipinski definition) is 2. The van der Waals surface area contributed by atoms with E-state index in [0.29, 0.717) is 10.0 Å². The van der Waals surface area contributed by atoms with Crippen molar-refractivity contribution in [3.05, 3.63) is 69.2 Å². The van der Waals surface area contributed by atoms with Gasteiger partial charge < -0.3 is 0 Å². The highest BCUT2D eigenvalue weighted by Crippen LogP contribution is 2.29. The number of benzene rings is 2. The third-order valence-corrected chi connectivity index (χ3v) is 3.68. The molecular formula is C14H14Cl2N2. The Kier molecular flexibility index (Phi) is 4.25. The maximum absolute atomic E-state index is 6.04. The van der Waals surface area contributed by atoms with Gasteiger partial charge in [-0.05, 0) is 35.7 Å². The molecule has 0 fully saturated rings. The Hall–Kier alpha value is -1.06. The first-order valence-electron chi connectivity index (χ1n) is 5.60. The summed E-state index contributed by atoms with van der Waals surface area (Å²) in [5.41, 5.74) is 6.10. The van der Waals surface area contributed by atoms with Crippen LogP contribution in [0.15, 0.2) is 42.5 Å². The molecule has 0 aromatic heterocycles. The van der Waals surface area contributed by atoms with Crippen molar-refractivity contribution in [3.8, 4) is 0 Å². The van der Waals surface area contributed by atoms with Crippen molar-refractivity contribution in [1.82, 2.24) is 5.43 Å². The van der Waals surface area contributed by atoms with E-state index in [4.69, 9.17) is 29.0 Å². The van der Waals surface area contributed by atoms with Crippen molar-refractivity contribution in [3.63, 3.8) is 0 Å². The van der Waals surface area contributed by atoms with E-state index in [0.717, 1.165) is 11.1 Å². The molecule has 2 aromatic carbocycles. The lowest BCUT2D eigenvalue weighted by Crippen LogP contribution is -2.29. The summed E-state index contributed by atoms with van der Waals surface area (Å²) in [5, 5.41) is 1.07. The number of aryl methyl sites for hydroxylation is 1. The van der Waals surface area contributed by atoms with E-state index in [2.05, 4.69) is 18.4 Å². The van der Waals surface area contributed by atoms with Crippen molar-refractivity contribution < 1.29 is 0 Å². The molecule has 1 unspecified atom stereocenters. The molecule has 0 amide bonds. The Labute approximate surface area is 117 Å². The fourth-order valence-corrected chi connectivity index (χ4v) is 2.27. The van der Waals surface area contributed by atoms with Crippen LogP contribution in [0.1, 0.15) is 22.7 Å². The van der Waals surface area contributed by atoms with E-state index in [1.54, 1.807) is 6.07 Å². The zero-order chi connectivity index (χ0) is 13.1. The van der Waals surface area contributed by atoms with Gasteiger partial charge in [-0.1, -0.05) is 53.5 Å². The van der Waals surface area contributed by atoms with E-state index in [1.807, 2.05) is 30.3 Å². The third-order valence-electron chi connectivity index (χ3n) is 2.94. The highest BCUT2D eigenvalue weighted by atomic mass is 35.5. The maximum Gasteiger partial charge on any atom is 0.0713 e. The molecule has 2 rings (SSSR count). The zero-order valence-corrected chi connectivity index (χ0v) is 11.5. The van der Waals surface area contributed by atoms with Crippen LogP contribution < -0.4 is 11.3 Å². The molecule has 0 heterocycles. The van der Waals surface area contributed by atoms with Gasteiger partial charge in [0.1, 0.15) is 0 Å². The Morgan fingerprint density at radius 3 is 2.39 bits per heavy atom. The van der Waals surface area contributed by atoms with Crippen molar-refractivity contribution in [1.29, 1.82) is 0 Å². The van der Waals surface area contributed by atoms with Crippen molar-refractivity contribution in [2.75, 3.05) is 0 Å². The molecule has 1 atom stereocenters. The van der Waals surface area contributed by atoms with Crippen molar-refractivity contribution in [2.24, 2.45) is 5.84 Å². The third kappa shape index (κ3) is 2.68. The fraction of sp³-hybridized carbons (Fsp3) is 0.143. The van der Waals surface area contributed by atoms with Crippen LogP contribution in [0, 0.1) is 6.92 Å². The van der Waals surface area contributed by atoms with Gasteiger partial charge in [0, 0.05) is 0 Å². The molecule has 0 radical (unpaired) electrons. The molecule has 0 aliphatic rings. The van der Waals surface area contributed by atoms with Crippen LogP contribution in [-0.2, 0) is 0 Å². The minimum atomic E-state index is -0.0963. The molecule has 0 bridgehead atoms. The van der Waals surface area contributed by atoms with Gasteiger partial charge in [-0.3, -0.25) is 5.84 Å². The monoisotopic (exact) mass is 280 g/mol. The van der Waals surface area contributed by atoms with E-state index in [1.165, 1.54) is 5.56 Å². The molecule has 0 spiro atoms. The predicted molar refractivity (Wildman–Crippen MR) is 76.8 cm³/mol. The highest BCUT2D eigenvalue weighted by molar-refractivity contribution is 6.42. The smallest absolute Gasteiger partial charge is 0.0713 e. The molecule has 0 saturated carbocycles. The summed E-state index contributed by atoms with van der Waals surface area (Å²) < 4.78 is 0. The molecule has 94 valence electrons. The summed E-state index contributed by atoms with van der Waals surface area (Å²) in [6, 6.07) is 13.5. The van der Waals surface area contributed by atoms with Gasteiger partial charge >= 0.3 is 0 Å². The van der Waals surface area contributed by atoms with Crippen LogP contribution in [-0.4, -0.2) is 0 Å². The first kappa shape index (κ1) is 13.4. The number of nitrogens with one attached hydrogen (secondary N) is 1. The molecule has 0 aliphatic carbocycles. The topological polar surface area (TPSA) is 38.0 Å². The quantitative estimate of drug-likeness (QED) is 0.662. The molecule has 0 saturated heterocycles. The molecule has 2 nitrogen and oxygen atoms in total. The number of hydrogen-bond donors (Lipinski definition) is 2. The first-order valence-corrected chi connectivity index (χ1v) is 6.35. The largest absolute Gasteiger partial charge is 0.271 e. The standard InChI is InChI=1S/C14H14Cl2N2/c1-9-4-2-3-5-11(9)14(18-17)10-6-7-12(15)13(16)8-10/h2-8,14,18H,17H2,1H3. The summed E-state index contributed by atoms with van der Waals surface area (Å²) in [7, 11) is 0. The highest BCUT2D eigenvalue weighted by Gasteiger charge is 2.15. The van der Waals surface area contributed by atoms with Crippen molar-refractivity contribution in [2.45, 2.75) is 13.0 Å². The average molecular weight is 281 g/mol. The average Bonchev–Trinajstić information content (AvgIpc) is 2.37. The number of hydrazine groups is 1. The summed E-state index contributed by atoms with van der Waals surface area (Å²) >= 11 is 12.0. The maximum atomic E-state index is 6.04. The lowest BCUT2D eigenvalue weighted by Gasteiger charge is -2.19. The second-order valence-corrected chi connectivity index (χ2v) is 4.94. The van der Waals surface area contributed by atoms with Gasteiger partial charge in [-0.25, -0.2) is 5.43 Å². The van der Waals surface area contributed by atoms with Gasteiger partial charge in [0.05, 0.1) is 16.1 Å². The van der Waals surface area contributed by atoms with Crippen LogP contribution >= 0.6 is 23.2 Å². The summed E-state index contributed by atoms with van der Waals surface area (Å²) in [4.78, 5) is 0. The SMILES string of the molecule is Cc1ccccc1C(NN)c1ccc(Cl)c(Cl)c1.